The molecule has 0 saturated heterocycles. The second-order valence-electron chi connectivity index (χ2n) is 4.24. The molecule has 1 N–H and O–H groups in total. The third-order valence-corrected chi connectivity index (χ3v) is 2.76. The van der Waals surface area contributed by atoms with E-state index in [0.717, 1.165) is 11.4 Å². The Hall–Kier alpha value is -1.94. The van der Waals surface area contributed by atoms with E-state index in [2.05, 4.69) is 10.3 Å². The molecule has 19 heavy (non-hydrogen) atoms. The van der Waals surface area contributed by atoms with Gasteiger partial charge in [-0.25, -0.2) is 4.39 Å². The maximum atomic E-state index is 12.7. The van der Waals surface area contributed by atoms with Crippen molar-refractivity contribution in [3.05, 3.63) is 60.2 Å². The summed E-state index contributed by atoms with van der Waals surface area (Å²) in [5.41, 5.74) is 0.820. The first kappa shape index (κ1) is 13.5. The zero-order chi connectivity index (χ0) is 13.5. The fourth-order valence-corrected chi connectivity index (χ4v) is 1.71. The summed E-state index contributed by atoms with van der Waals surface area (Å²) in [4.78, 5) is 4.04. The van der Waals surface area contributed by atoms with E-state index >= 15 is 0 Å². The van der Waals surface area contributed by atoms with Crippen LogP contribution in [0.25, 0.3) is 0 Å². The first-order valence-electron chi connectivity index (χ1n) is 6.28. The number of aromatic nitrogens is 1. The van der Waals surface area contributed by atoms with Crippen LogP contribution in [0.5, 0.6) is 5.75 Å². The molecule has 4 heteroatoms. The molecule has 100 valence electrons. The molecule has 0 aliphatic rings. The van der Waals surface area contributed by atoms with Gasteiger partial charge in [-0.2, -0.15) is 0 Å². The molecule has 0 aliphatic carbocycles. The lowest BCUT2D eigenvalue weighted by Gasteiger charge is -2.13. The zero-order valence-electron chi connectivity index (χ0n) is 10.8. The number of nitrogens with one attached hydrogen (secondary N) is 1. The van der Waals surface area contributed by atoms with Crippen LogP contribution in [0.3, 0.4) is 0 Å². The molecule has 2 rings (SSSR count). The number of para-hydroxylation sites is 1. The molecule has 0 amide bonds. The van der Waals surface area contributed by atoms with Gasteiger partial charge < -0.3 is 10.1 Å². The Kier molecular flexibility index (Phi) is 4.86. The summed E-state index contributed by atoms with van der Waals surface area (Å²) in [5, 5.41) is 3.28. The zero-order valence-corrected chi connectivity index (χ0v) is 10.8. The standard InChI is InChI=1S/C15H17FN2O/c1-12(15-8-7-13(16)11-18-15)17-9-10-19-14-5-3-2-4-6-14/h2-8,11-12,17H,9-10H2,1H3. The fraction of sp³-hybridized carbons (Fsp3) is 0.267. The molecule has 0 radical (unpaired) electrons. The summed E-state index contributed by atoms with van der Waals surface area (Å²) in [5.74, 6) is 0.542. The monoisotopic (exact) mass is 260 g/mol. The SMILES string of the molecule is CC(NCCOc1ccccc1)c1ccc(F)cn1. The van der Waals surface area contributed by atoms with Gasteiger partial charge in [-0.3, -0.25) is 4.98 Å². The molecule has 3 nitrogen and oxygen atoms in total. The third-order valence-electron chi connectivity index (χ3n) is 2.76. The number of halogens is 1. The normalized spacial score (nSPS) is 12.1. The maximum Gasteiger partial charge on any atom is 0.141 e. The Morgan fingerprint density at radius 2 is 2.00 bits per heavy atom. The van der Waals surface area contributed by atoms with E-state index in [-0.39, 0.29) is 11.9 Å². The van der Waals surface area contributed by atoms with Crippen LogP contribution in [0.4, 0.5) is 4.39 Å². The van der Waals surface area contributed by atoms with Crippen LogP contribution in [0.2, 0.25) is 0 Å². The average Bonchev–Trinajstić information content (AvgIpc) is 2.45. The molecule has 1 unspecified atom stereocenters. The van der Waals surface area contributed by atoms with Gasteiger partial charge >= 0.3 is 0 Å². The molecule has 1 atom stereocenters. The van der Waals surface area contributed by atoms with Gasteiger partial charge in [0, 0.05) is 12.6 Å². The number of hydrogen-bond donors (Lipinski definition) is 1. The molecule has 1 aromatic carbocycles. The molecular weight excluding hydrogens is 243 g/mol. The summed E-state index contributed by atoms with van der Waals surface area (Å²) >= 11 is 0. The lowest BCUT2D eigenvalue weighted by molar-refractivity contribution is 0.307. The van der Waals surface area contributed by atoms with E-state index in [1.807, 2.05) is 37.3 Å². The first-order valence-corrected chi connectivity index (χ1v) is 6.28. The summed E-state index contributed by atoms with van der Waals surface area (Å²) in [6.07, 6.45) is 1.23. The molecule has 0 bridgehead atoms. The summed E-state index contributed by atoms with van der Waals surface area (Å²) < 4.78 is 18.3. The van der Waals surface area contributed by atoms with Gasteiger partial charge in [0.2, 0.25) is 0 Å². The topological polar surface area (TPSA) is 34.1 Å². The van der Waals surface area contributed by atoms with Crippen LogP contribution in [-0.2, 0) is 0 Å². The van der Waals surface area contributed by atoms with Gasteiger partial charge in [-0.05, 0) is 31.2 Å². The predicted molar refractivity (Wildman–Crippen MR) is 72.5 cm³/mol. The second-order valence-corrected chi connectivity index (χ2v) is 4.24. The van der Waals surface area contributed by atoms with Crippen LogP contribution in [0, 0.1) is 5.82 Å². The number of rotatable bonds is 6. The maximum absolute atomic E-state index is 12.7. The summed E-state index contributed by atoms with van der Waals surface area (Å²) in [6.45, 7) is 3.27. The van der Waals surface area contributed by atoms with E-state index in [0.29, 0.717) is 13.2 Å². The first-order chi connectivity index (χ1) is 9.25. The Morgan fingerprint density at radius 1 is 1.21 bits per heavy atom. The van der Waals surface area contributed by atoms with E-state index in [1.165, 1.54) is 12.3 Å². The van der Waals surface area contributed by atoms with E-state index < -0.39 is 0 Å². The molecule has 1 heterocycles. The lowest BCUT2D eigenvalue weighted by Crippen LogP contribution is -2.24. The molecule has 0 spiro atoms. The van der Waals surface area contributed by atoms with Crippen molar-refractivity contribution >= 4 is 0 Å². The molecule has 1 aromatic heterocycles. The van der Waals surface area contributed by atoms with Gasteiger partial charge in [0.25, 0.3) is 0 Å². The van der Waals surface area contributed by atoms with Crippen molar-refractivity contribution in [3.8, 4) is 5.75 Å². The quantitative estimate of drug-likeness (QED) is 0.811. The van der Waals surface area contributed by atoms with Crippen molar-refractivity contribution in [2.75, 3.05) is 13.2 Å². The lowest BCUT2D eigenvalue weighted by atomic mass is 10.2. The Bertz CT molecular complexity index is 487. The Balaban J connectivity index is 1.72. The van der Waals surface area contributed by atoms with Crippen molar-refractivity contribution in [1.82, 2.24) is 10.3 Å². The van der Waals surface area contributed by atoms with Gasteiger partial charge in [-0.15, -0.1) is 0 Å². The third kappa shape index (κ3) is 4.34. The van der Waals surface area contributed by atoms with Crippen LogP contribution in [0.15, 0.2) is 48.7 Å². The molecule has 0 fully saturated rings. The Morgan fingerprint density at radius 3 is 2.68 bits per heavy atom. The van der Waals surface area contributed by atoms with Gasteiger partial charge in [0.15, 0.2) is 0 Å². The number of hydrogen-bond acceptors (Lipinski definition) is 3. The van der Waals surface area contributed by atoms with Crippen LogP contribution in [-0.4, -0.2) is 18.1 Å². The van der Waals surface area contributed by atoms with Crippen LogP contribution < -0.4 is 10.1 Å². The largest absolute Gasteiger partial charge is 0.492 e. The van der Waals surface area contributed by atoms with Crippen LogP contribution >= 0.6 is 0 Å². The minimum absolute atomic E-state index is 0.0694. The van der Waals surface area contributed by atoms with E-state index in [4.69, 9.17) is 4.74 Å². The van der Waals surface area contributed by atoms with Crippen molar-refractivity contribution in [1.29, 1.82) is 0 Å². The highest BCUT2D eigenvalue weighted by atomic mass is 19.1. The van der Waals surface area contributed by atoms with Crippen LogP contribution in [0.1, 0.15) is 18.7 Å². The van der Waals surface area contributed by atoms with Gasteiger partial charge in [0.1, 0.15) is 18.2 Å². The Labute approximate surface area is 112 Å². The van der Waals surface area contributed by atoms with Gasteiger partial charge in [-0.1, -0.05) is 18.2 Å². The number of nitrogens with zero attached hydrogens (tertiary/aromatic N) is 1. The molecule has 0 aliphatic heterocycles. The van der Waals surface area contributed by atoms with Crippen molar-refractivity contribution in [2.24, 2.45) is 0 Å². The highest BCUT2D eigenvalue weighted by molar-refractivity contribution is 5.20. The number of benzene rings is 1. The van der Waals surface area contributed by atoms with E-state index in [1.54, 1.807) is 6.07 Å². The van der Waals surface area contributed by atoms with Gasteiger partial charge in [0.05, 0.1) is 11.9 Å². The van der Waals surface area contributed by atoms with Crippen molar-refractivity contribution < 1.29 is 9.13 Å². The summed E-state index contributed by atoms with van der Waals surface area (Å²) in [7, 11) is 0. The molecule has 2 aromatic rings. The molecular formula is C15H17FN2O. The summed E-state index contributed by atoms with van der Waals surface area (Å²) in [6, 6.07) is 12.8. The number of ether oxygens (including phenoxy) is 1. The van der Waals surface area contributed by atoms with E-state index in [9.17, 15) is 4.39 Å². The smallest absolute Gasteiger partial charge is 0.141 e. The fourth-order valence-electron chi connectivity index (χ4n) is 1.71. The average molecular weight is 260 g/mol. The van der Waals surface area contributed by atoms with Crippen molar-refractivity contribution in [3.63, 3.8) is 0 Å². The minimum Gasteiger partial charge on any atom is -0.492 e. The number of pyridine rings is 1. The highest BCUT2D eigenvalue weighted by Crippen LogP contribution is 2.10. The second kappa shape index (κ2) is 6.85. The highest BCUT2D eigenvalue weighted by Gasteiger charge is 2.05. The molecule has 0 saturated carbocycles. The predicted octanol–water partition coefficient (Wildman–Crippen LogP) is 2.95. The van der Waals surface area contributed by atoms with Crippen molar-refractivity contribution in [2.45, 2.75) is 13.0 Å². The minimum atomic E-state index is -0.316.